The summed E-state index contributed by atoms with van der Waals surface area (Å²) in [6.45, 7) is 8.41. The molecule has 1 saturated heterocycles. The van der Waals surface area contributed by atoms with Gasteiger partial charge in [0, 0.05) is 21.5 Å². The Morgan fingerprint density at radius 3 is 1.69 bits per heavy atom. The fourth-order valence-electron chi connectivity index (χ4n) is 6.04. The van der Waals surface area contributed by atoms with Crippen LogP contribution in [0.5, 0.6) is 0 Å². The number of hydrogen-bond acceptors (Lipinski definition) is 2. The summed E-state index contributed by atoms with van der Waals surface area (Å²) in [4.78, 5) is 0. The standard InChI is InChI=1S/C30H25BN2O2/c1-29(2)30(3,4)35-31(34-29)18-13-16-24-22(17-18)21-15-14-20-19-9-5-6-10-23(19)32-25-11-7-8-12-26(25)33(24)28(21)27(20)32/h5-17H,1-4H3. The highest BCUT2D eigenvalue weighted by Gasteiger charge is 2.51. The van der Waals surface area contributed by atoms with Crippen molar-refractivity contribution in [3.05, 3.63) is 78.9 Å². The van der Waals surface area contributed by atoms with Crippen molar-refractivity contribution in [2.75, 3.05) is 0 Å². The lowest BCUT2D eigenvalue weighted by atomic mass is 9.78. The van der Waals surface area contributed by atoms with E-state index in [0.29, 0.717) is 0 Å². The van der Waals surface area contributed by atoms with Gasteiger partial charge >= 0.3 is 7.12 Å². The van der Waals surface area contributed by atoms with E-state index in [9.17, 15) is 0 Å². The van der Waals surface area contributed by atoms with Crippen LogP contribution in [0.1, 0.15) is 27.7 Å². The third-order valence-corrected chi connectivity index (χ3v) is 8.47. The van der Waals surface area contributed by atoms with E-state index < -0.39 is 0 Å². The van der Waals surface area contributed by atoms with Crippen LogP contribution in [0, 0.1) is 0 Å². The van der Waals surface area contributed by atoms with Gasteiger partial charge < -0.3 is 18.1 Å². The molecule has 0 bridgehead atoms. The molecule has 3 aromatic heterocycles. The topological polar surface area (TPSA) is 27.3 Å². The maximum Gasteiger partial charge on any atom is 0.494 e. The Balaban J connectivity index is 1.53. The Bertz CT molecular complexity index is 1960. The van der Waals surface area contributed by atoms with E-state index in [1.807, 2.05) is 0 Å². The van der Waals surface area contributed by atoms with Crippen molar-refractivity contribution in [3.63, 3.8) is 0 Å². The Morgan fingerprint density at radius 2 is 1.06 bits per heavy atom. The molecule has 4 heterocycles. The monoisotopic (exact) mass is 456 g/mol. The van der Waals surface area contributed by atoms with Crippen LogP contribution in [0.2, 0.25) is 0 Å². The first-order valence-corrected chi connectivity index (χ1v) is 12.3. The second-order valence-corrected chi connectivity index (χ2v) is 10.9. The van der Waals surface area contributed by atoms with Gasteiger partial charge in [0.15, 0.2) is 0 Å². The van der Waals surface area contributed by atoms with E-state index in [4.69, 9.17) is 9.31 Å². The van der Waals surface area contributed by atoms with Crippen molar-refractivity contribution in [2.45, 2.75) is 38.9 Å². The first-order chi connectivity index (χ1) is 16.9. The minimum atomic E-state index is -0.379. The summed E-state index contributed by atoms with van der Waals surface area (Å²) < 4.78 is 17.7. The van der Waals surface area contributed by atoms with Gasteiger partial charge in [0.1, 0.15) is 0 Å². The molecule has 1 aliphatic heterocycles. The van der Waals surface area contributed by atoms with Crippen molar-refractivity contribution < 1.29 is 9.31 Å². The Morgan fingerprint density at radius 1 is 0.543 bits per heavy atom. The molecule has 0 atom stereocenters. The summed E-state index contributed by atoms with van der Waals surface area (Å²) in [7, 11) is -0.379. The molecule has 35 heavy (non-hydrogen) atoms. The lowest BCUT2D eigenvalue weighted by molar-refractivity contribution is 0.00578. The van der Waals surface area contributed by atoms with Crippen molar-refractivity contribution in [2.24, 2.45) is 0 Å². The number of fused-ring (bicyclic) bond motifs is 9. The van der Waals surface area contributed by atoms with Gasteiger partial charge in [-0.2, -0.15) is 0 Å². The quantitative estimate of drug-likeness (QED) is 0.207. The van der Waals surface area contributed by atoms with Gasteiger partial charge in [-0.25, -0.2) is 0 Å². The van der Waals surface area contributed by atoms with E-state index in [0.717, 1.165) is 5.46 Å². The van der Waals surface area contributed by atoms with Crippen LogP contribution in [0.25, 0.3) is 54.6 Å². The highest BCUT2D eigenvalue weighted by molar-refractivity contribution is 6.62. The Hall–Kier alpha value is -3.54. The van der Waals surface area contributed by atoms with Crippen LogP contribution in [-0.2, 0) is 9.31 Å². The predicted octanol–water partition coefficient (Wildman–Crippen LogP) is 6.54. The van der Waals surface area contributed by atoms with Crippen molar-refractivity contribution >= 4 is 67.2 Å². The SMILES string of the molecule is CC1(C)OB(c2ccc3c(c2)c2ccc4c5ccccc5n5c6ccccc6n3c2c45)OC1(C)C. The van der Waals surface area contributed by atoms with Crippen LogP contribution in [0.4, 0.5) is 0 Å². The van der Waals surface area contributed by atoms with Gasteiger partial charge in [0.25, 0.3) is 0 Å². The lowest BCUT2D eigenvalue weighted by Crippen LogP contribution is -2.41. The van der Waals surface area contributed by atoms with E-state index in [1.165, 1.54) is 54.6 Å². The molecule has 0 N–H and O–H groups in total. The molecule has 7 aromatic rings. The van der Waals surface area contributed by atoms with Gasteiger partial charge in [0.2, 0.25) is 0 Å². The average molecular weight is 456 g/mol. The maximum absolute atomic E-state index is 6.39. The fraction of sp³-hybridized carbons (Fsp3) is 0.200. The average Bonchev–Trinajstić information content (AvgIpc) is 3.43. The first kappa shape index (κ1) is 19.7. The molecule has 1 aliphatic rings. The zero-order chi connectivity index (χ0) is 23.7. The van der Waals surface area contributed by atoms with Crippen LogP contribution in [0.15, 0.2) is 78.9 Å². The number of rotatable bonds is 1. The molecule has 4 nitrogen and oxygen atoms in total. The number of hydrogen-bond donors (Lipinski definition) is 0. The molecule has 0 aliphatic carbocycles. The molecule has 0 saturated carbocycles. The van der Waals surface area contributed by atoms with Gasteiger partial charge in [-0.05, 0) is 57.4 Å². The molecule has 0 radical (unpaired) electrons. The minimum Gasteiger partial charge on any atom is -0.399 e. The molecule has 0 unspecified atom stereocenters. The van der Waals surface area contributed by atoms with Gasteiger partial charge in [0.05, 0.1) is 44.3 Å². The second-order valence-electron chi connectivity index (χ2n) is 10.9. The predicted molar refractivity (Wildman–Crippen MR) is 145 cm³/mol. The van der Waals surface area contributed by atoms with Crippen LogP contribution < -0.4 is 5.46 Å². The normalized spacial score (nSPS) is 17.9. The van der Waals surface area contributed by atoms with Gasteiger partial charge in [-0.1, -0.05) is 54.6 Å². The molecule has 4 aromatic carbocycles. The van der Waals surface area contributed by atoms with Crippen molar-refractivity contribution in [3.8, 4) is 0 Å². The van der Waals surface area contributed by atoms with E-state index in [1.54, 1.807) is 0 Å². The molecule has 0 amide bonds. The third kappa shape index (κ3) is 2.31. The highest BCUT2D eigenvalue weighted by Crippen LogP contribution is 2.42. The van der Waals surface area contributed by atoms with Crippen molar-refractivity contribution in [1.29, 1.82) is 0 Å². The molecular weight excluding hydrogens is 431 g/mol. The first-order valence-electron chi connectivity index (χ1n) is 12.3. The number of para-hydroxylation sites is 3. The van der Waals surface area contributed by atoms with Crippen LogP contribution in [-0.4, -0.2) is 27.1 Å². The molecule has 5 heteroatoms. The zero-order valence-electron chi connectivity index (χ0n) is 20.3. The molecule has 8 rings (SSSR count). The van der Waals surface area contributed by atoms with Gasteiger partial charge in [-0.3, -0.25) is 0 Å². The molecule has 1 fully saturated rings. The summed E-state index contributed by atoms with van der Waals surface area (Å²) in [5.74, 6) is 0. The van der Waals surface area contributed by atoms with E-state index in [-0.39, 0.29) is 18.3 Å². The summed E-state index contributed by atoms with van der Waals surface area (Å²) in [5, 5.41) is 5.06. The van der Waals surface area contributed by atoms with Crippen LogP contribution in [0.3, 0.4) is 0 Å². The minimum absolute atomic E-state index is 0.365. The lowest BCUT2D eigenvalue weighted by Gasteiger charge is -2.32. The number of aromatic nitrogens is 2. The largest absolute Gasteiger partial charge is 0.494 e. The fourth-order valence-corrected chi connectivity index (χ4v) is 6.04. The summed E-state index contributed by atoms with van der Waals surface area (Å²) in [6.07, 6.45) is 0. The Labute approximate surface area is 203 Å². The number of benzene rings is 4. The summed E-state index contributed by atoms with van der Waals surface area (Å²) >= 11 is 0. The van der Waals surface area contributed by atoms with Gasteiger partial charge in [-0.15, -0.1) is 0 Å². The highest BCUT2D eigenvalue weighted by atomic mass is 16.7. The number of nitrogens with zero attached hydrogens (tertiary/aromatic N) is 2. The summed E-state index contributed by atoms with van der Waals surface area (Å²) in [6, 6.07) is 28.7. The molecule has 170 valence electrons. The smallest absolute Gasteiger partial charge is 0.399 e. The van der Waals surface area contributed by atoms with E-state index >= 15 is 0 Å². The van der Waals surface area contributed by atoms with Crippen LogP contribution >= 0.6 is 0 Å². The summed E-state index contributed by atoms with van der Waals surface area (Å²) in [5.41, 5.74) is 7.74. The zero-order valence-corrected chi connectivity index (χ0v) is 20.3. The second kappa shape index (κ2) is 6.17. The maximum atomic E-state index is 6.39. The van der Waals surface area contributed by atoms with Crippen molar-refractivity contribution in [1.82, 2.24) is 8.80 Å². The van der Waals surface area contributed by atoms with E-state index in [2.05, 4.69) is 115 Å². The molecular formula is C30H25BN2O2. The molecule has 0 spiro atoms. The third-order valence-electron chi connectivity index (χ3n) is 8.47. The Kier molecular flexibility index (Phi) is 3.48.